The predicted molar refractivity (Wildman–Crippen MR) is 156 cm³/mol. The number of nitrogens with one attached hydrogen (secondary N) is 1. The maximum atomic E-state index is 13.5. The van der Waals surface area contributed by atoms with E-state index in [0.717, 1.165) is 5.56 Å². The summed E-state index contributed by atoms with van der Waals surface area (Å²) >= 11 is 0. The Kier molecular flexibility index (Phi) is 7.62. The summed E-state index contributed by atoms with van der Waals surface area (Å²) in [5.74, 6) is 1.81. The molecule has 0 bridgehead atoms. The molecule has 0 aliphatic heterocycles. The zero-order valence-electron chi connectivity index (χ0n) is 23.0. The van der Waals surface area contributed by atoms with Crippen molar-refractivity contribution in [2.75, 3.05) is 18.9 Å². The van der Waals surface area contributed by atoms with E-state index in [1.807, 2.05) is 30.3 Å². The molecule has 5 rings (SSSR count). The highest BCUT2D eigenvalue weighted by atomic mass is 32.2. The van der Waals surface area contributed by atoms with E-state index >= 15 is 0 Å². The molecule has 1 N–H and O–H groups in total. The molecular weight excluding hydrogens is 546 g/mol. The number of imidazole rings is 1. The summed E-state index contributed by atoms with van der Waals surface area (Å²) in [7, 11) is 1.99. The summed E-state index contributed by atoms with van der Waals surface area (Å²) in [6.45, 7) is 0.372. The number of fused-ring (bicyclic) bond motifs is 1. The van der Waals surface area contributed by atoms with Gasteiger partial charge in [0.25, 0.3) is 10.0 Å². The van der Waals surface area contributed by atoms with Gasteiger partial charge in [0.15, 0.2) is 5.75 Å². The first-order chi connectivity index (χ1) is 19.7. The van der Waals surface area contributed by atoms with Crippen molar-refractivity contribution >= 4 is 26.7 Å². The molecule has 0 radical (unpaired) electrons. The highest BCUT2D eigenvalue weighted by Gasteiger charge is 2.22. The van der Waals surface area contributed by atoms with Gasteiger partial charge in [0.1, 0.15) is 29.6 Å². The summed E-state index contributed by atoms with van der Waals surface area (Å²) in [5, 5.41) is 0. The van der Waals surface area contributed by atoms with Crippen LogP contribution in [0, 0.1) is 0 Å². The van der Waals surface area contributed by atoms with Gasteiger partial charge in [-0.3, -0.25) is 13.9 Å². The number of hydrogen-bond acceptors (Lipinski definition) is 7. The SMILES string of the molecule is COc1cc(OC)cc(S(=O)(=O)Nc2cc3c(cc2Oc2cccc(OCc4ccccc4)c2)n(C)c(=O)n3C)c1. The van der Waals surface area contributed by atoms with Gasteiger partial charge in [-0.25, -0.2) is 13.2 Å². The fourth-order valence-electron chi connectivity index (χ4n) is 4.33. The van der Waals surface area contributed by atoms with Crippen LogP contribution in [0.25, 0.3) is 11.0 Å². The Morgan fingerprint density at radius 3 is 2.00 bits per heavy atom. The molecule has 1 aromatic heterocycles. The first-order valence-corrected chi connectivity index (χ1v) is 14.1. The Balaban J connectivity index is 1.52. The van der Waals surface area contributed by atoms with Crippen molar-refractivity contribution in [2.24, 2.45) is 14.1 Å². The molecule has 0 spiro atoms. The standard InChI is InChI=1S/C30H29N3O7S/c1-32-27-17-26(31-41(35,36)25-15-23(37-3)14-24(16-25)38-4)29(18-28(27)33(2)30(32)34)40-22-12-8-11-21(13-22)39-19-20-9-6-5-7-10-20/h5-18,31H,19H2,1-4H3. The molecular formula is C30H29N3O7S. The predicted octanol–water partition coefficient (Wildman–Crippen LogP) is 5.07. The van der Waals surface area contributed by atoms with E-state index in [4.69, 9.17) is 18.9 Å². The van der Waals surface area contributed by atoms with E-state index in [0.29, 0.717) is 40.6 Å². The Hall–Kier alpha value is -4.90. The lowest BCUT2D eigenvalue weighted by Gasteiger charge is -2.16. The molecule has 0 fully saturated rings. The maximum Gasteiger partial charge on any atom is 0.328 e. The summed E-state index contributed by atoms with van der Waals surface area (Å²) < 4.78 is 55.2. The van der Waals surface area contributed by atoms with Gasteiger partial charge in [0, 0.05) is 44.4 Å². The third-order valence-corrected chi connectivity index (χ3v) is 7.88. The molecule has 0 saturated heterocycles. The quantitative estimate of drug-likeness (QED) is 0.248. The van der Waals surface area contributed by atoms with Crippen LogP contribution in [0.1, 0.15) is 5.56 Å². The summed E-state index contributed by atoms with van der Waals surface area (Å²) in [6.07, 6.45) is 0. The fourth-order valence-corrected chi connectivity index (χ4v) is 5.44. The number of anilines is 1. The van der Waals surface area contributed by atoms with E-state index < -0.39 is 10.0 Å². The maximum absolute atomic E-state index is 13.5. The number of benzene rings is 4. The van der Waals surface area contributed by atoms with Gasteiger partial charge in [0.2, 0.25) is 0 Å². The van der Waals surface area contributed by atoms with E-state index in [1.165, 1.54) is 35.5 Å². The van der Waals surface area contributed by atoms with Gasteiger partial charge in [-0.15, -0.1) is 0 Å². The third-order valence-electron chi connectivity index (χ3n) is 6.53. The fraction of sp³-hybridized carbons (Fsp3) is 0.167. The van der Waals surface area contributed by atoms with Gasteiger partial charge in [-0.2, -0.15) is 0 Å². The molecule has 212 valence electrons. The van der Waals surface area contributed by atoms with Crippen LogP contribution < -0.4 is 29.4 Å². The molecule has 11 heteroatoms. The van der Waals surface area contributed by atoms with Gasteiger partial charge >= 0.3 is 5.69 Å². The lowest BCUT2D eigenvalue weighted by molar-refractivity contribution is 0.304. The molecule has 5 aromatic rings. The van der Waals surface area contributed by atoms with Crippen molar-refractivity contribution in [1.82, 2.24) is 9.13 Å². The largest absolute Gasteiger partial charge is 0.497 e. The molecule has 0 saturated carbocycles. The number of sulfonamides is 1. The van der Waals surface area contributed by atoms with E-state index in [-0.39, 0.29) is 22.0 Å². The van der Waals surface area contributed by atoms with Gasteiger partial charge in [-0.1, -0.05) is 36.4 Å². The minimum Gasteiger partial charge on any atom is -0.497 e. The van der Waals surface area contributed by atoms with E-state index in [9.17, 15) is 13.2 Å². The normalized spacial score (nSPS) is 11.3. The Morgan fingerprint density at radius 1 is 0.732 bits per heavy atom. The highest BCUT2D eigenvalue weighted by Crippen LogP contribution is 2.36. The van der Waals surface area contributed by atoms with Crippen molar-refractivity contribution in [3.05, 3.63) is 101 Å². The van der Waals surface area contributed by atoms with Crippen LogP contribution in [0.3, 0.4) is 0 Å². The molecule has 0 aliphatic rings. The minimum absolute atomic E-state index is 0.0713. The Bertz CT molecular complexity index is 1860. The lowest BCUT2D eigenvalue weighted by atomic mass is 10.2. The summed E-state index contributed by atoms with van der Waals surface area (Å²) in [4.78, 5) is 12.6. The van der Waals surface area contributed by atoms with Crippen molar-refractivity contribution in [3.8, 4) is 28.7 Å². The van der Waals surface area contributed by atoms with Gasteiger partial charge in [-0.05, 0) is 23.8 Å². The average Bonchev–Trinajstić information content (AvgIpc) is 3.19. The van der Waals surface area contributed by atoms with Crippen LogP contribution in [0.15, 0.2) is 94.6 Å². The minimum atomic E-state index is -4.13. The molecule has 0 unspecified atom stereocenters. The van der Waals surface area contributed by atoms with Gasteiger partial charge < -0.3 is 18.9 Å². The Labute approximate surface area is 237 Å². The second-order valence-corrected chi connectivity index (χ2v) is 10.9. The zero-order valence-corrected chi connectivity index (χ0v) is 23.8. The number of methoxy groups -OCH3 is 2. The summed E-state index contributed by atoms with van der Waals surface area (Å²) in [5.41, 5.74) is 1.97. The number of aromatic nitrogens is 2. The number of aryl methyl sites for hydroxylation is 2. The average molecular weight is 576 g/mol. The van der Waals surface area contributed by atoms with Crippen LogP contribution >= 0.6 is 0 Å². The third kappa shape index (κ3) is 5.85. The number of hydrogen-bond donors (Lipinski definition) is 1. The second kappa shape index (κ2) is 11.3. The Morgan fingerprint density at radius 2 is 1.34 bits per heavy atom. The van der Waals surface area contributed by atoms with E-state index in [2.05, 4.69) is 4.72 Å². The molecule has 0 atom stereocenters. The van der Waals surface area contributed by atoms with Crippen LogP contribution in [-0.4, -0.2) is 31.8 Å². The highest BCUT2D eigenvalue weighted by molar-refractivity contribution is 7.92. The molecule has 1 heterocycles. The van der Waals surface area contributed by atoms with Crippen LogP contribution in [0.5, 0.6) is 28.7 Å². The second-order valence-electron chi connectivity index (χ2n) is 9.24. The first kappa shape index (κ1) is 27.7. The molecule has 41 heavy (non-hydrogen) atoms. The zero-order chi connectivity index (χ0) is 29.1. The van der Waals surface area contributed by atoms with Crippen molar-refractivity contribution in [3.63, 3.8) is 0 Å². The summed E-state index contributed by atoms with van der Waals surface area (Å²) in [6, 6.07) is 24.3. The van der Waals surface area contributed by atoms with Crippen LogP contribution in [0.2, 0.25) is 0 Å². The van der Waals surface area contributed by atoms with Crippen molar-refractivity contribution < 1.29 is 27.4 Å². The molecule has 0 aliphatic carbocycles. The number of ether oxygens (including phenoxy) is 4. The van der Waals surface area contributed by atoms with Crippen LogP contribution in [0.4, 0.5) is 5.69 Å². The van der Waals surface area contributed by atoms with Crippen molar-refractivity contribution in [2.45, 2.75) is 11.5 Å². The molecule has 10 nitrogen and oxygen atoms in total. The topological polar surface area (TPSA) is 110 Å². The molecule has 0 amide bonds. The first-order valence-electron chi connectivity index (χ1n) is 12.6. The number of rotatable bonds is 10. The molecule has 4 aromatic carbocycles. The lowest BCUT2D eigenvalue weighted by Crippen LogP contribution is -2.19. The van der Waals surface area contributed by atoms with Crippen LogP contribution in [-0.2, 0) is 30.7 Å². The smallest absolute Gasteiger partial charge is 0.328 e. The number of nitrogens with zero attached hydrogens (tertiary/aromatic N) is 2. The van der Waals surface area contributed by atoms with E-state index in [1.54, 1.807) is 56.6 Å². The monoisotopic (exact) mass is 575 g/mol. The van der Waals surface area contributed by atoms with Gasteiger partial charge in [0.05, 0.1) is 35.8 Å². The van der Waals surface area contributed by atoms with Crippen molar-refractivity contribution in [1.29, 1.82) is 0 Å².